The second-order valence-electron chi connectivity index (χ2n) is 5.08. The maximum atomic E-state index is 5.16. The van der Waals surface area contributed by atoms with Crippen molar-refractivity contribution in [2.45, 2.75) is 78.1 Å². The van der Waals surface area contributed by atoms with Crippen molar-refractivity contribution in [3.8, 4) is 0 Å². The van der Waals surface area contributed by atoms with Crippen molar-refractivity contribution < 1.29 is 21.1 Å². The van der Waals surface area contributed by atoms with Crippen LogP contribution >= 0.6 is 12.2 Å². The van der Waals surface area contributed by atoms with Crippen molar-refractivity contribution in [3.05, 3.63) is 0 Å². The second-order valence-corrected chi connectivity index (χ2v) is 6.11. The number of unbranched alkanes of at least 4 members (excludes halogenated alkanes) is 8. The quantitative estimate of drug-likeness (QED) is 0.200. The van der Waals surface area contributed by atoms with Gasteiger partial charge in [-0.25, -0.2) is 0 Å². The molecule has 0 aliphatic rings. The van der Waals surface area contributed by atoms with Gasteiger partial charge in [0.1, 0.15) is 0 Å². The van der Waals surface area contributed by atoms with Crippen molar-refractivity contribution in [1.82, 2.24) is 4.90 Å². The van der Waals surface area contributed by atoms with E-state index in [1.165, 1.54) is 64.2 Å². The molecule has 19 heavy (non-hydrogen) atoms. The molecule has 0 heterocycles. The number of thiocarbonyl (C=S) groups is 1. The Kier molecular flexibility index (Phi) is 19.6. The van der Waals surface area contributed by atoms with Gasteiger partial charge in [-0.3, -0.25) is 0 Å². The van der Waals surface area contributed by atoms with Gasteiger partial charge in [-0.1, -0.05) is 69.5 Å². The van der Waals surface area contributed by atoms with E-state index in [4.69, 9.17) is 24.8 Å². The Labute approximate surface area is 146 Å². The zero-order chi connectivity index (χ0) is 13.6. The summed E-state index contributed by atoms with van der Waals surface area (Å²) in [5, 5.41) is 0. The average molecular weight is 384 g/mol. The van der Waals surface area contributed by atoms with Crippen molar-refractivity contribution in [2.75, 3.05) is 13.1 Å². The third kappa shape index (κ3) is 15.0. The smallest absolute Gasteiger partial charge is 0.0162 e. The fourth-order valence-corrected chi connectivity index (χ4v) is 2.47. The van der Waals surface area contributed by atoms with Crippen molar-refractivity contribution in [3.63, 3.8) is 0 Å². The minimum atomic E-state index is 0. The standard InChI is InChI=1S/C15H31NS2.Mo/c1-3-5-7-9-11-13-16(15(17)18)14-12-10-8-6-4-2;/h3-14H2,1-2H3,(H,17,18);/p-1. The molecule has 0 rings (SSSR count). The number of nitrogens with zero attached hydrogens (tertiary/aromatic N) is 1. The van der Waals surface area contributed by atoms with Gasteiger partial charge in [-0.15, -0.1) is 0 Å². The van der Waals surface area contributed by atoms with Crippen LogP contribution in [-0.2, 0) is 33.7 Å². The molecule has 0 fully saturated rings. The van der Waals surface area contributed by atoms with E-state index in [9.17, 15) is 0 Å². The molecule has 0 amide bonds. The Morgan fingerprint density at radius 3 is 1.47 bits per heavy atom. The number of rotatable bonds is 12. The molecule has 0 bridgehead atoms. The SMILES string of the molecule is CCCCCCCN(CCCCCCC)C(=S)[S-].[Mo]. The Morgan fingerprint density at radius 2 is 1.16 bits per heavy atom. The van der Waals surface area contributed by atoms with Crippen LogP contribution in [0.25, 0.3) is 0 Å². The predicted octanol–water partition coefficient (Wildman–Crippen LogP) is 5.06. The zero-order valence-electron chi connectivity index (χ0n) is 12.7. The van der Waals surface area contributed by atoms with Gasteiger partial charge in [0.05, 0.1) is 0 Å². The summed E-state index contributed by atoms with van der Waals surface area (Å²) >= 11 is 10.3. The van der Waals surface area contributed by atoms with Gasteiger partial charge in [-0.2, -0.15) is 0 Å². The minimum absolute atomic E-state index is 0. The molecule has 0 radical (unpaired) electrons. The fraction of sp³-hybridized carbons (Fsp3) is 0.933. The van der Waals surface area contributed by atoms with Gasteiger partial charge in [0.25, 0.3) is 0 Å². The first-order valence-corrected chi connectivity index (χ1v) is 8.50. The van der Waals surface area contributed by atoms with Crippen molar-refractivity contribution in [1.29, 1.82) is 0 Å². The molecule has 0 saturated carbocycles. The Morgan fingerprint density at radius 1 is 0.789 bits per heavy atom. The first kappa shape index (κ1) is 22.1. The molecule has 0 aliphatic heterocycles. The summed E-state index contributed by atoms with van der Waals surface area (Å²) in [5.41, 5.74) is 0. The van der Waals surface area contributed by atoms with E-state index >= 15 is 0 Å². The van der Waals surface area contributed by atoms with Gasteiger partial charge < -0.3 is 29.7 Å². The van der Waals surface area contributed by atoms with Gasteiger partial charge in [0.2, 0.25) is 0 Å². The molecule has 0 aromatic heterocycles. The first-order chi connectivity index (χ1) is 8.72. The Bertz CT molecular complexity index is 187. The Balaban J connectivity index is 0. The molecule has 0 unspecified atom stereocenters. The van der Waals surface area contributed by atoms with Crippen LogP contribution in [0.15, 0.2) is 0 Å². The number of hydrogen-bond donors (Lipinski definition) is 0. The van der Waals surface area contributed by atoms with Gasteiger partial charge in [-0.05, 0) is 12.8 Å². The van der Waals surface area contributed by atoms with Crippen LogP contribution in [0.4, 0.5) is 0 Å². The monoisotopic (exact) mass is 386 g/mol. The van der Waals surface area contributed by atoms with Gasteiger partial charge in [0.15, 0.2) is 0 Å². The van der Waals surface area contributed by atoms with Crippen LogP contribution in [0.1, 0.15) is 78.1 Å². The molecule has 0 spiro atoms. The molecular formula is C15H30MoNS2-. The molecule has 0 N–H and O–H groups in total. The molecule has 0 aromatic carbocycles. The molecule has 0 saturated heterocycles. The summed E-state index contributed by atoms with van der Waals surface area (Å²) < 4.78 is 0.668. The largest absolute Gasteiger partial charge is 0.411 e. The summed E-state index contributed by atoms with van der Waals surface area (Å²) in [6.45, 7) is 6.64. The molecule has 114 valence electrons. The van der Waals surface area contributed by atoms with Crippen molar-refractivity contribution in [2.24, 2.45) is 0 Å². The third-order valence-corrected chi connectivity index (χ3v) is 3.84. The molecule has 0 atom stereocenters. The van der Waals surface area contributed by atoms with E-state index in [0.717, 1.165) is 13.1 Å². The Hall–Kier alpha value is 0.798. The van der Waals surface area contributed by atoms with E-state index < -0.39 is 0 Å². The molecule has 1 nitrogen and oxygen atoms in total. The fourth-order valence-electron chi connectivity index (χ4n) is 2.11. The van der Waals surface area contributed by atoms with E-state index in [2.05, 4.69) is 18.7 Å². The summed E-state index contributed by atoms with van der Waals surface area (Å²) in [6, 6.07) is 0. The van der Waals surface area contributed by atoms with E-state index in [1.807, 2.05) is 0 Å². The van der Waals surface area contributed by atoms with Crippen LogP contribution in [0.2, 0.25) is 0 Å². The van der Waals surface area contributed by atoms with E-state index in [-0.39, 0.29) is 21.1 Å². The van der Waals surface area contributed by atoms with Crippen LogP contribution in [-0.4, -0.2) is 22.3 Å². The van der Waals surface area contributed by atoms with E-state index in [1.54, 1.807) is 0 Å². The van der Waals surface area contributed by atoms with Crippen molar-refractivity contribution >= 4 is 29.2 Å². The maximum absolute atomic E-state index is 5.16. The van der Waals surface area contributed by atoms with Crippen LogP contribution in [0.5, 0.6) is 0 Å². The summed E-state index contributed by atoms with van der Waals surface area (Å²) in [6.07, 6.45) is 13.1. The van der Waals surface area contributed by atoms with Crippen LogP contribution < -0.4 is 0 Å². The second kappa shape index (κ2) is 16.9. The van der Waals surface area contributed by atoms with Crippen LogP contribution in [0.3, 0.4) is 0 Å². The van der Waals surface area contributed by atoms with E-state index in [0.29, 0.717) is 4.32 Å². The summed E-state index contributed by atoms with van der Waals surface area (Å²) in [5.74, 6) is 0. The normalized spacial score (nSPS) is 10.0. The minimum Gasteiger partial charge on any atom is -0.411 e. The van der Waals surface area contributed by atoms with Crippen LogP contribution in [0, 0.1) is 0 Å². The van der Waals surface area contributed by atoms with Gasteiger partial charge in [0, 0.05) is 34.2 Å². The zero-order valence-corrected chi connectivity index (χ0v) is 16.3. The molecule has 4 heteroatoms. The maximum Gasteiger partial charge on any atom is 0.0162 e. The summed E-state index contributed by atoms with van der Waals surface area (Å²) in [7, 11) is 0. The average Bonchev–Trinajstić information content (AvgIpc) is 2.35. The third-order valence-electron chi connectivity index (χ3n) is 3.32. The number of hydrogen-bond acceptors (Lipinski definition) is 2. The summed E-state index contributed by atoms with van der Waals surface area (Å²) in [4.78, 5) is 2.22. The topological polar surface area (TPSA) is 3.24 Å². The molecule has 0 aliphatic carbocycles. The molecule has 0 aromatic rings. The predicted molar refractivity (Wildman–Crippen MR) is 89.1 cm³/mol. The van der Waals surface area contributed by atoms with Gasteiger partial charge >= 0.3 is 0 Å². The molecular weight excluding hydrogens is 354 g/mol. The first-order valence-electron chi connectivity index (χ1n) is 7.68.